The zero-order chi connectivity index (χ0) is 20.1. The van der Waals surface area contributed by atoms with E-state index in [0.717, 1.165) is 35.7 Å². The van der Waals surface area contributed by atoms with Gasteiger partial charge in [-0.25, -0.2) is 10.2 Å². The van der Waals surface area contributed by atoms with Crippen LogP contribution in [0.1, 0.15) is 38.2 Å². The van der Waals surface area contributed by atoms with E-state index in [1.165, 1.54) is 4.57 Å². The van der Waals surface area contributed by atoms with E-state index in [-0.39, 0.29) is 0 Å². The highest BCUT2D eigenvalue weighted by atomic mass is 79.9. The monoisotopic (exact) mass is 446 g/mol. The average molecular weight is 447 g/mol. The van der Waals surface area contributed by atoms with E-state index < -0.39 is 11.2 Å². The van der Waals surface area contributed by atoms with Crippen LogP contribution in [0.25, 0.3) is 11.2 Å². The molecule has 148 valence electrons. The number of halogens is 1. The van der Waals surface area contributed by atoms with Crippen LogP contribution < -0.4 is 16.7 Å². The number of H-pyrrole nitrogens is 1. The first-order valence-electron chi connectivity index (χ1n) is 9.25. The maximum Gasteiger partial charge on any atom is 0.329 e. The highest BCUT2D eigenvalue weighted by Gasteiger charge is 2.16. The largest absolute Gasteiger partial charge is 0.329 e. The minimum absolute atomic E-state index is 0.339. The Morgan fingerprint density at radius 1 is 1.21 bits per heavy atom. The van der Waals surface area contributed by atoms with Crippen LogP contribution in [0, 0.1) is 0 Å². The molecular formula is C19H23BrN6O2. The first-order chi connectivity index (χ1) is 13.5. The van der Waals surface area contributed by atoms with Crippen LogP contribution in [0.15, 0.2) is 43.4 Å². The summed E-state index contributed by atoms with van der Waals surface area (Å²) in [5.74, 6) is 0.437. The summed E-state index contributed by atoms with van der Waals surface area (Å²) in [6.45, 7) is 2.77. The smallest absolute Gasteiger partial charge is 0.303 e. The molecule has 0 fully saturated rings. The lowest BCUT2D eigenvalue weighted by Gasteiger charge is -2.07. The molecule has 2 aromatic heterocycles. The number of hydrogen-bond acceptors (Lipinski definition) is 5. The number of benzene rings is 1. The molecule has 0 amide bonds. The van der Waals surface area contributed by atoms with E-state index in [2.05, 4.69) is 43.3 Å². The second kappa shape index (κ2) is 9.01. The van der Waals surface area contributed by atoms with Crippen molar-refractivity contribution in [3.63, 3.8) is 0 Å². The fraction of sp³-hybridized carbons (Fsp3) is 0.368. The molecule has 3 aromatic rings. The molecular weight excluding hydrogens is 424 g/mol. The van der Waals surface area contributed by atoms with Gasteiger partial charge in [0, 0.05) is 18.1 Å². The van der Waals surface area contributed by atoms with E-state index in [0.29, 0.717) is 23.7 Å². The number of hydrazone groups is 1. The number of aromatic amines is 1. The van der Waals surface area contributed by atoms with E-state index in [9.17, 15) is 9.59 Å². The molecule has 0 radical (unpaired) electrons. The lowest BCUT2D eigenvalue weighted by atomic mass is 10.2. The van der Waals surface area contributed by atoms with Crippen LogP contribution in [0.3, 0.4) is 0 Å². The van der Waals surface area contributed by atoms with Gasteiger partial charge >= 0.3 is 5.69 Å². The Kier molecular flexibility index (Phi) is 6.45. The second-order valence-corrected chi connectivity index (χ2v) is 7.48. The van der Waals surface area contributed by atoms with Crippen LogP contribution in [-0.2, 0) is 13.6 Å². The summed E-state index contributed by atoms with van der Waals surface area (Å²) in [7, 11) is 1.59. The molecule has 0 saturated carbocycles. The van der Waals surface area contributed by atoms with Crippen molar-refractivity contribution >= 4 is 39.3 Å². The van der Waals surface area contributed by atoms with Crippen molar-refractivity contribution in [3.8, 4) is 0 Å². The van der Waals surface area contributed by atoms with Crippen molar-refractivity contribution < 1.29 is 0 Å². The van der Waals surface area contributed by atoms with E-state index in [1.54, 1.807) is 17.8 Å². The summed E-state index contributed by atoms with van der Waals surface area (Å²) in [6.07, 6.45) is 5.90. The number of aryl methyl sites for hydroxylation is 2. The minimum atomic E-state index is -0.488. The number of unbranched alkanes of at least 4 members (excludes halogenated alkanes) is 3. The van der Waals surface area contributed by atoms with Crippen molar-refractivity contribution in [1.82, 2.24) is 19.1 Å². The molecule has 2 N–H and O–H groups in total. The second-order valence-electron chi connectivity index (χ2n) is 6.56. The SMILES string of the molecule is CCCCCCn1c(N/N=C\c2ccc(Br)cc2)nc2c1c(=O)[nH]c(=O)n2C. The Bertz CT molecular complexity index is 1090. The van der Waals surface area contributed by atoms with Gasteiger partial charge in [0.15, 0.2) is 11.2 Å². The normalized spacial score (nSPS) is 11.5. The van der Waals surface area contributed by atoms with Crippen LogP contribution in [0.4, 0.5) is 5.95 Å². The Morgan fingerprint density at radius 3 is 2.68 bits per heavy atom. The molecule has 0 bridgehead atoms. The van der Waals surface area contributed by atoms with Gasteiger partial charge < -0.3 is 4.57 Å². The predicted molar refractivity (Wildman–Crippen MR) is 115 cm³/mol. The molecule has 1 aromatic carbocycles. The molecule has 3 rings (SSSR count). The van der Waals surface area contributed by atoms with Crippen molar-refractivity contribution in [2.75, 3.05) is 5.43 Å². The first kappa shape index (κ1) is 20.1. The van der Waals surface area contributed by atoms with Crippen molar-refractivity contribution in [2.24, 2.45) is 12.1 Å². The zero-order valence-electron chi connectivity index (χ0n) is 15.9. The van der Waals surface area contributed by atoms with Gasteiger partial charge in [-0.2, -0.15) is 10.1 Å². The first-order valence-corrected chi connectivity index (χ1v) is 10.0. The van der Waals surface area contributed by atoms with Gasteiger partial charge in [0.2, 0.25) is 5.95 Å². The molecule has 0 aliphatic heterocycles. The van der Waals surface area contributed by atoms with E-state index >= 15 is 0 Å². The molecule has 28 heavy (non-hydrogen) atoms. The Balaban J connectivity index is 1.93. The summed E-state index contributed by atoms with van der Waals surface area (Å²) >= 11 is 3.40. The van der Waals surface area contributed by atoms with Gasteiger partial charge in [-0.15, -0.1) is 0 Å². The maximum absolute atomic E-state index is 12.4. The average Bonchev–Trinajstić information content (AvgIpc) is 3.04. The van der Waals surface area contributed by atoms with Crippen LogP contribution in [0.2, 0.25) is 0 Å². The molecule has 2 heterocycles. The molecule has 9 heteroatoms. The molecule has 8 nitrogen and oxygen atoms in total. The van der Waals surface area contributed by atoms with E-state index in [4.69, 9.17) is 0 Å². The number of rotatable bonds is 8. The molecule has 0 aliphatic carbocycles. The number of nitrogens with zero attached hydrogens (tertiary/aromatic N) is 4. The predicted octanol–water partition coefficient (Wildman–Crippen LogP) is 3.21. The third kappa shape index (κ3) is 4.41. The van der Waals surface area contributed by atoms with Crippen molar-refractivity contribution in [2.45, 2.75) is 39.2 Å². The van der Waals surface area contributed by atoms with Crippen molar-refractivity contribution in [3.05, 3.63) is 55.1 Å². The topological polar surface area (TPSA) is 97.1 Å². The molecule has 0 spiro atoms. The van der Waals surface area contributed by atoms with Crippen LogP contribution in [0.5, 0.6) is 0 Å². The fourth-order valence-electron chi connectivity index (χ4n) is 2.95. The van der Waals surface area contributed by atoms with Gasteiger partial charge in [0.05, 0.1) is 6.21 Å². The number of fused-ring (bicyclic) bond motifs is 1. The number of nitrogens with one attached hydrogen (secondary N) is 2. The molecule has 0 atom stereocenters. The summed E-state index contributed by atoms with van der Waals surface area (Å²) < 4.78 is 4.12. The van der Waals surface area contributed by atoms with Gasteiger partial charge in [-0.05, 0) is 24.1 Å². The van der Waals surface area contributed by atoms with Gasteiger partial charge in [0.25, 0.3) is 5.56 Å². The number of anilines is 1. The number of hydrogen-bond donors (Lipinski definition) is 2. The minimum Gasteiger partial charge on any atom is -0.303 e. The van der Waals surface area contributed by atoms with Crippen LogP contribution >= 0.6 is 15.9 Å². The maximum atomic E-state index is 12.4. The van der Waals surface area contributed by atoms with Crippen LogP contribution in [-0.4, -0.2) is 25.3 Å². The molecule has 0 aliphatic rings. The summed E-state index contributed by atoms with van der Waals surface area (Å²) in [5.41, 5.74) is 3.63. The molecule has 0 saturated heterocycles. The summed E-state index contributed by atoms with van der Waals surface area (Å²) in [4.78, 5) is 31.1. The summed E-state index contributed by atoms with van der Waals surface area (Å²) in [6, 6.07) is 7.72. The number of aromatic nitrogens is 4. The quantitative estimate of drug-likeness (QED) is 0.315. The fourth-order valence-corrected chi connectivity index (χ4v) is 3.21. The number of imidazole rings is 1. The highest BCUT2D eigenvalue weighted by Crippen LogP contribution is 2.17. The van der Waals surface area contributed by atoms with Gasteiger partial charge in [-0.3, -0.25) is 14.3 Å². The third-order valence-corrected chi connectivity index (χ3v) is 5.02. The van der Waals surface area contributed by atoms with Crippen molar-refractivity contribution in [1.29, 1.82) is 0 Å². The standard InChI is InChI=1S/C19H23BrN6O2/c1-3-4-5-6-11-26-15-16(25(2)19(28)23-17(15)27)22-18(26)24-21-12-13-7-9-14(20)10-8-13/h7-10,12H,3-6,11H2,1-2H3,(H,22,24)(H,23,27,28)/b21-12-. The Hall–Kier alpha value is -2.68. The Morgan fingerprint density at radius 2 is 1.96 bits per heavy atom. The lowest BCUT2D eigenvalue weighted by Crippen LogP contribution is -2.29. The third-order valence-electron chi connectivity index (χ3n) is 4.49. The lowest BCUT2D eigenvalue weighted by molar-refractivity contribution is 0.593. The highest BCUT2D eigenvalue weighted by molar-refractivity contribution is 9.10. The summed E-state index contributed by atoms with van der Waals surface area (Å²) in [5, 5.41) is 4.25. The molecule has 0 unspecified atom stereocenters. The zero-order valence-corrected chi connectivity index (χ0v) is 17.5. The van der Waals surface area contributed by atoms with E-state index in [1.807, 2.05) is 24.3 Å². The Labute approximate surface area is 170 Å². The van der Waals surface area contributed by atoms with Gasteiger partial charge in [0.1, 0.15) is 0 Å². The van der Waals surface area contributed by atoms with Gasteiger partial charge in [-0.1, -0.05) is 54.2 Å².